The molecule has 3 aliphatic rings. The van der Waals surface area contributed by atoms with Crippen LogP contribution in [0.1, 0.15) is 77.6 Å². The van der Waals surface area contributed by atoms with Crippen molar-refractivity contribution in [3.05, 3.63) is 91.0 Å². The fourth-order valence-electron chi connectivity index (χ4n) is 7.73. The monoisotopic (exact) mass is 733 g/mol. The van der Waals surface area contributed by atoms with E-state index in [4.69, 9.17) is 21.2 Å². The third-order valence-corrected chi connectivity index (χ3v) is 10.6. The van der Waals surface area contributed by atoms with Gasteiger partial charge in [0.05, 0.1) is 35.1 Å². The molecule has 0 saturated heterocycles. The zero-order valence-electron chi connectivity index (χ0n) is 29.0. The number of primary amides is 1. The van der Waals surface area contributed by atoms with Gasteiger partial charge in [0.1, 0.15) is 24.1 Å². The van der Waals surface area contributed by atoms with Crippen molar-refractivity contribution < 1.29 is 37.4 Å². The summed E-state index contributed by atoms with van der Waals surface area (Å²) in [6, 6.07) is 2.71. The van der Waals surface area contributed by atoms with Crippen molar-refractivity contribution in [2.24, 2.45) is 11.5 Å². The number of esters is 1. The maximum atomic E-state index is 15.5. The molecule has 4 heterocycles. The number of hydrogen-bond donors (Lipinski definition) is 6. The molecule has 1 aliphatic carbocycles. The average Bonchev–Trinajstić information content (AvgIpc) is 3.49. The molecule has 2 aromatic heterocycles. The molecule has 53 heavy (non-hydrogen) atoms. The van der Waals surface area contributed by atoms with E-state index in [9.17, 15) is 24.3 Å². The predicted molar refractivity (Wildman–Crippen MR) is 187 cm³/mol. The highest BCUT2D eigenvalue weighted by molar-refractivity contribution is 5.95. The Balaban J connectivity index is 1.20. The summed E-state index contributed by atoms with van der Waals surface area (Å²) in [5.41, 5.74) is 12.0. The van der Waals surface area contributed by atoms with E-state index in [0.29, 0.717) is 52.7 Å². The van der Waals surface area contributed by atoms with E-state index in [-0.39, 0.29) is 61.5 Å². The Labute approximate surface area is 300 Å². The van der Waals surface area contributed by atoms with Crippen LogP contribution in [0.4, 0.5) is 23.7 Å². The van der Waals surface area contributed by atoms with Gasteiger partial charge in [0.25, 0.3) is 5.56 Å². The van der Waals surface area contributed by atoms with Gasteiger partial charge in [0, 0.05) is 53.0 Å². The van der Waals surface area contributed by atoms with Gasteiger partial charge in [-0.15, -0.1) is 0 Å². The van der Waals surface area contributed by atoms with Crippen molar-refractivity contribution >= 4 is 34.5 Å². The van der Waals surface area contributed by atoms with Crippen molar-refractivity contribution in [2.45, 2.75) is 83.3 Å². The van der Waals surface area contributed by atoms with Crippen molar-refractivity contribution in [1.82, 2.24) is 20.2 Å². The van der Waals surface area contributed by atoms with Crippen LogP contribution < -0.4 is 33.0 Å². The summed E-state index contributed by atoms with van der Waals surface area (Å²) in [7, 11) is 0. The average molecular weight is 734 g/mol. The first-order chi connectivity index (χ1) is 25.2. The van der Waals surface area contributed by atoms with Crippen molar-refractivity contribution in [2.75, 3.05) is 11.9 Å². The Morgan fingerprint density at radius 2 is 1.85 bits per heavy atom. The molecule has 0 saturated carbocycles. The minimum atomic E-state index is -2.03. The zero-order valence-corrected chi connectivity index (χ0v) is 29.0. The van der Waals surface area contributed by atoms with E-state index in [1.54, 1.807) is 19.9 Å². The van der Waals surface area contributed by atoms with E-state index in [0.717, 1.165) is 23.3 Å². The molecule has 8 N–H and O–H groups in total. The first kappa shape index (κ1) is 36.1. The fourth-order valence-corrected chi connectivity index (χ4v) is 7.73. The number of halogens is 3. The van der Waals surface area contributed by atoms with Gasteiger partial charge in [-0.05, 0) is 73.9 Å². The number of benzene rings is 2. The number of pyridine rings is 2. The van der Waals surface area contributed by atoms with Crippen molar-refractivity contribution in [1.29, 1.82) is 0 Å². The number of carbonyl (C=O) groups excluding carboxylic acids is 3. The molecule has 0 fully saturated rings. The van der Waals surface area contributed by atoms with E-state index in [2.05, 4.69) is 16.0 Å². The van der Waals surface area contributed by atoms with E-state index in [1.165, 1.54) is 10.6 Å². The summed E-state index contributed by atoms with van der Waals surface area (Å²) in [6.45, 7) is 3.05. The normalized spacial score (nSPS) is 18.9. The van der Waals surface area contributed by atoms with Gasteiger partial charge in [0.15, 0.2) is 5.60 Å². The molecule has 0 unspecified atom stereocenters. The van der Waals surface area contributed by atoms with Crippen LogP contribution in [0.5, 0.6) is 0 Å². The second kappa shape index (κ2) is 13.6. The van der Waals surface area contributed by atoms with Crippen LogP contribution >= 0.6 is 0 Å². The highest BCUT2D eigenvalue weighted by Gasteiger charge is 2.46. The molecular formula is C37H38F3N7O6. The molecule has 2 aliphatic heterocycles. The number of amides is 3. The molecule has 3 amide bonds. The Bertz CT molecular complexity index is 2270. The minimum absolute atomic E-state index is 0.0313. The number of aliphatic hydroxyl groups is 1. The van der Waals surface area contributed by atoms with Crippen LogP contribution in [0, 0.1) is 24.4 Å². The van der Waals surface area contributed by atoms with E-state index >= 15 is 13.2 Å². The third-order valence-electron chi connectivity index (χ3n) is 10.6. The molecule has 278 valence electrons. The maximum Gasteiger partial charge on any atom is 0.343 e. The van der Waals surface area contributed by atoms with Crippen LogP contribution in [0.2, 0.25) is 0 Å². The molecule has 7 rings (SSSR count). The number of carbonyl (C=O) groups is 3. The lowest BCUT2D eigenvalue weighted by atomic mass is 9.81. The maximum absolute atomic E-state index is 15.5. The number of fused-ring (bicyclic) bond motifs is 5. The van der Waals surface area contributed by atoms with E-state index in [1.807, 2.05) is 0 Å². The van der Waals surface area contributed by atoms with Crippen molar-refractivity contribution in [3.63, 3.8) is 0 Å². The number of ether oxygens (including phenoxy) is 1. The number of nitrogens with zero attached hydrogens (tertiary/aromatic N) is 2. The Morgan fingerprint density at radius 1 is 1.11 bits per heavy atom. The van der Waals surface area contributed by atoms with Gasteiger partial charge < -0.3 is 41.8 Å². The number of aryl methyl sites for hydroxylation is 1. The number of cyclic esters (lactones) is 1. The highest BCUT2D eigenvalue weighted by atomic mass is 19.1. The summed E-state index contributed by atoms with van der Waals surface area (Å²) in [4.78, 5) is 54.7. The number of anilines is 1. The second-order valence-electron chi connectivity index (χ2n) is 13.7. The number of nitrogens with two attached hydrogens (primary N) is 2. The number of urea groups is 1. The highest BCUT2D eigenvalue weighted by Crippen LogP contribution is 2.46. The lowest BCUT2D eigenvalue weighted by Gasteiger charge is -2.31. The number of nitrogens with one attached hydrogen (secondary N) is 3. The summed E-state index contributed by atoms with van der Waals surface area (Å²) in [6.07, 6.45) is 1.41. The molecule has 0 spiro atoms. The molecular weight excluding hydrogens is 695 g/mol. The van der Waals surface area contributed by atoms with Gasteiger partial charge in [-0.2, -0.15) is 0 Å². The molecule has 2 aromatic carbocycles. The molecule has 4 aromatic rings. The number of aromatic nitrogens is 2. The summed E-state index contributed by atoms with van der Waals surface area (Å²) in [5.74, 6) is -3.77. The fraction of sp³-hybridized carbons (Fsp3) is 0.378. The van der Waals surface area contributed by atoms with Crippen LogP contribution in [-0.2, 0) is 46.0 Å². The molecule has 13 nitrogen and oxygen atoms in total. The van der Waals surface area contributed by atoms with Crippen LogP contribution in [0.3, 0.4) is 0 Å². The van der Waals surface area contributed by atoms with Gasteiger partial charge in [-0.25, -0.2) is 27.7 Å². The first-order valence-electron chi connectivity index (χ1n) is 17.4. The summed E-state index contributed by atoms with van der Waals surface area (Å²) >= 11 is 0. The van der Waals surface area contributed by atoms with Gasteiger partial charge >= 0.3 is 12.0 Å². The van der Waals surface area contributed by atoms with Gasteiger partial charge in [-0.1, -0.05) is 6.92 Å². The molecule has 0 radical (unpaired) electrons. The third kappa shape index (κ3) is 6.09. The first-order valence-corrected chi connectivity index (χ1v) is 17.4. The topological polar surface area (TPSA) is 204 Å². The molecule has 0 bridgehead atoms. The number of hydrogen-bond acceptors (Lipinski definition) is 9. The zero-order chi connectivity index (χ0) is 37.9. The quantitative estimate of drug-likeness (QED) is 0.0920. The van der Waals surface area contributed by atoms with Crippen LogP contribution in [-0.4, -0.2) is 45.2 Å². The largest absolute Gasteiger partial charge is 0.458 e. The van der Waals surface area contributed by atoms with Crippen LogP contribution in [0.15, 0.2) is 29.1 Å². The standard InChI is InChI=1S/C37H38F3N7O6/c1-3-37(52)22-11-29-32-20(14-47(29)34(49)21(22)15-53-35(37)50)31-27(7-6-18-16(2)23(38)12-28(46-32)30(18)31)44-13-19-24(39)9-17(10-25(19)40)45-33(48)26(41)5-4-8-43-36(42)51/h9-12,26-27,44,52H,3-8,13-15,41H2,1-2H3,(H,45,48)(H3,42,43,51)/t26-,27-,37-/m0/s1. The SMILES string of the molecule is CC[C@@]1(O)C(=O)OCc2c1cc1n(c2=O)Cc2c-1nc1cc(F)c(C)c3c1c2[C@@H](NCc1c(F)cc(NC(=O)[C@@H](N)CCCNC(N)=O)cc1F)CC3. The smallest absolute Gasteiger partial charge is 0.343 e. The van der Waals surface area contributed by atoms with Gasteiger partial charge in [0.2, 0.25) is 5.91 Å². The van der Waals surface area contributed by atoms with Crippen molar-refractivity contribution in [3.8, 4) is 11.4 Å². The summed E-state index contributed by atoms with van der Waals surface area (Å²) < 4.78 is 52.9. The number of rotatable bonds is 10. The molecule has 3 atom stereocenters. The Kier molecular flexibility index (Phi) is 9.24. The van der Waals surface area contributed by atoms with Crippen LogP contribution in [0.25, 0.3) is 22.3 Å². The Morgan fingerprint density at radius 3 is 2.55 bits per heavy atom. The van der Waals surface area contributed by atoms with E-state index < -0.39 is 58.6 Å². The van der Waals surface area contributed by atoms with Gasteiger partial charge in [-0.3, -0.25) is 9.59 Å². The summed E-state index contributed by atoms with van der Waals surface area (Å²) in [5, 5.41) is 20.1. The minimum Gasteiger partial charge on any atom is -0.458 e. The molecule has 16 heteroatoms. The second-order valence-corrected chi connectivity index (χ2v) is 13.7. The predicted octanol–water partition coefficient (Wildman–Crippen LogP) is 3.30. The lowest BCUT2D eigenvalue weighted by Crippen LogP contribution is -2.44. The lowest BCUT2D eigenvalue weighted by molar-refractivity contribution is -0.172. The Hall–Kier alpha value is -5.32.